The van der Waals surface area contributed by atoms with Gasteiger partial charge in [-0.25, -0.2) is 9.13 Å². The Kier molecular flexibility index (Phi) is 7.82. The van der Waals surface area contributed by atoms with E-state index in [9.17, 15) is 28.5 Å². The molecule has 0 amide bonds. The maximum absolute atomic E-state index is 12.0. The van der Waals surface area contributed by atoms with Gasteiger partial charge in [0.15, 0.2) is 0 Å². The van der Waals surface area contributed by atoms with Crippen LogP contribution in [0, 0.1) is 11.1 Å². The SMILES string of the molecule is Cc1cn([C@H]2C[C@H](O)[C@@H](COP(=O)(O)OP(=O)(O)OP(=O)(O)O)O2)c(=O)[nH]c1=[SeH]. The van der Waals surface area contributed by atoms with Gasteiger partial charge >= 0.3 is 142 Å². The predicted octanol–water partition coefficient (Wildman–Crippen LogP) is -1.09. The van der Waals surface area contributed by atoms with E-state index in [4.69, 9.17) is 19.4 Å². The zero-order chi connectivity index (χ0) is 22.2. The molecular formula is C10H18N2O13P3Se. The van der Waals surface area contributed by atoms with Gasteiger partial charge < -0.3 is 14.7 Å². The van der Waals surface area contributed by atoms with E-state index in [1.165, 1.54) is 10.8 Å². The summed E-state index contributed by atoms with van der Waals surface area (Å²) < 4.78 is 52.3. The molecule has 0 aromatic carbocycles. The van der Waals surface area contributed by atoms with Crippen LogP contribution in [0.3, 0.4) is 0 Å². The summed E-state index contributed by atoms with van der Waals surface area (Å²) in [5.41, 5.74) is 0.177. The molecule has 15 nitrogen and oxygen atoms in total. The van der Waals surface area contributed by atoms with Crippen LogP contribution in [0.1, 0.15) is 18.2 Å². The van der Waals surface area contributed by atoms with E-state index in [2.05, 4.69) is 33.7 Å². The average molecular weight is 546 g/mol. The van der Waals surface area contributed by atoms with Gasteiger partial charge in [-0.3, -0.25) is 0 Å². The Morgan fingerprint density at radius 2 is 1.86 bits per heavy atom. The van der Waals surface area contributed by atoms with Crippen LogP contribution in [0.15, 0.2) is 11.0 Å². The van der Waals surface area contributed by atoms with Gasteiger partial charge in [0.05, 0.1) is 0 Å². The molecule has 1 radical (unpaired) electrons. The van der Waals surface area contributed by atoms with Crippen molar-refractivity contribution in [3.05, 3.63) is 26.4 Å². The molecule has 0 saturated carbocycles. The number of aliphatic hydroxyl groups is 1. The van der Waals surface area contributed by atoms with Gasteiger partial charge in [0.2, 0.25) is 0 Å². The molecule has 1 fully saturated rings. The number of ether oxygens (including phenoxy) is 1. The Bertz CT molecular complexity index is 1020. The van der Waals surface area contributed by atoms with Crippen molar-refractivity contribution in [1.29, 1.82) is 0 Å². The number of phosphoric acid groups is 3. The van der Waals surface area contributed by atoms with Crippen LogP contribution in [0.25, 0.3) is 0 Å². The van der Waals surface area contributed by atoms with Crippen LogP contribution in [0.5, 0.6) is 0 Å². The standard InChI is InChI=1S/C10H18N2O13P3Se/c1-5-3-12(10(14)11-9(5)29)8-2-6(13)7(23-8)4-22-27(18,19)25-28(20,21)24-26(15,16)17/h3,6-8,13,29H,2,4H2,1H3,(H,11,14)(H,18,19)(H,20,21)(H2,15,16,17)/t6-,7+,8+/m0/s1. The zero-order valence-corrected chi connectivity index (χ0v) is 19.0. The van der Waals surface area contributed by atoms with Crippen molar-refractivity contribution in [2.24, 2.45) is 0 Å². The Balaban J connectivity index is 2.03. The fraction of sp³-hybridized carbons (Fsp3) is 0.600. The second kappa shape index (κ2) is 9.07. The molecule has 1 aliphatic rings. The number of hydrogen-bond donors (Lipinski definition) is 6. The first-order valence-corrected chi connectivity index (χ1v) is 13.0. The van der Waals surface area contributed by atoms with Crippen molar-refractivity contribution >= 4 is 39.0 Å². The van der Waals surface area contributed by atoms with E-state index in [0.29, 0.717) is 9.76 Å². The number of aryl methyl sites for hydroxylation is 1. The molecule has 2 unspecified atom stereocenters. The molecule has 167 valence electrons. The monoisotopic (exact) mass is 547 g/mol. The van der Waals surface area contributed by atoms with Crippen LogP contribution in [-0.2, 0) is 31.6 Å². The number of phosphoric ester groups is 1. The summed E-state index contributed by atoms with van der Waals surface area (Å²) in [6, 6.07) is 0. The number of nitrogens with zero attached hydrogens (tertiary/aromatic N) is 1. The van der Waals surface area contributed by atoms with E-state index < -0.39 is 54.2 Å². The quantitative estimate of drug-likeness (QED) is 0.169. The molecule has 1 saturated heterocycles. The topological polar surface area (TPSA) is 227 Å². The Morgan fingerprint density at radius 3 is 2.45 bits per heavy atom. The molecule has 19 heteroatoms. The summed E-state index contributed by atoms with van der Waals surface area (Å²) in [7, 11) is -16.5. The Hall–Kier alpha value is -0.271. The molecule has 2 heterocycles. The molecule has 29 heavy (non-hydrogen) atoms. The normalized spacial score (nSPS) is 26.8. The summed E-state index contributed by atoms with van der Waals surface area (Å²) in [4.78, 5) is 50.0. The first-order chi connectivity index (χ1) is 13.1. The fourth-order valence-electron chi connectivity index (χ4n) is 2.31. The number of aliphatic hydroxyl groups excluding tert-OH is 1. The van der Waals surface area contributed by atoms with Gasteiger partial charge in [-0.15, -0.1) is 0 Å². The third-order valence-corrected chi connectivity index (χ3v) is 8.28. The summed E-state index contributed by atoms with van der Waals surface area (Å²) in [6.45, 7) is 0.903. The number of hydrogen-bond acceptors (Lipinski definition) is 9. The number of aromatic amines is 1. The van der Waals surface area contributed by atoms with Crippen LogP contribution in [0.4, 0.5) is 0 Å². The average Bonchev–Trinajstić information content (AvgIpc) is 2.86. The Morgan fingerprint density at radius 1 is 1.24 bits per heavy atom. The summed E-state index contributed by atoms with van der Waals surface area (Å²) in [5.74, 6) is 0. The molecule has 1 aliphatic heterocycles. The van der Waals surface area contributed by atoms with Gasteiger partial charge in [-0.1, -0.05) is 0 Å². The molecule has 0 bridgehead atoms. The van der Waals surface area contributed by atoms with E-state index in [1.54, 1.807) is 6.92 Å². The van der Waals surface area contributed by atoms with E-state index in [-0.39, 0.29) is 6.42 Å². The van der Waals surface area contributed by atoms with E-state index >= 15 is 0 Å². The number of nitrogens with one attached hydrogen (secondary N) is 1. The van der Waals surface area contributed by atoms with Crippen molar-refractivity contribution in [1.82, 2.24) is 9.55 Å². The molecule has 1 aromatic rings. The molecule has 1 aromatic heterocycles. The Labute approximate surface area is 170 Å². The fourth-order valence-corrected chi connectivity index (χ4v) is 5.67. The molecule has 0 aliphatic carbocycles. The number of H-pyrrole nitrogens is 1. The van der Waals surface area contributed by atoms with Gasteiger partial charge in [-0.2, -0.15) is 4.31 Å². The van der Waals surface area contributed by atoms with Crippen molar-refractivity contribution in [3.63, 3.8) is 0 Å². The van der Waals surface area contributed by atoms with E-state index in [1.807, 2.05) is 0 Å². The van der Waals surface area contributed by atoms with Crippen LogP contribution >= 0.6 is 23.5 Å². The van der Waals surface area contributed by atoms with Crippen molar-refractivity contribution in [2.75, 3.05) is 6.61 Å². The van der Waals surface area contributed by atoms with Crippen LogP contribution < -0.4 is 5.69 Å². The van der Waals surface area contributed by atoms with Crippen molar-refractivity contribution in [2.45, 2.75) is 31.8 Å². The summed E-state index contributed by atoms with van der Waals surface area (Å²) in [6.07, 6.45) is -2.00. The third-order valence-electron chi connectivity index (χ3n) is 3.50. The van der Waals surface area contributed by atoms with Gasteiger partial charge in [0.25, 0.3) is 0 Å². The summed E-state index contributed by atoms with van der Waals surface area (Å²) >= 11 is 2.18. The minimum absolute atomic E-state index is 0.0739. The van der Waals surface area contributed by atoms with Crippen LogP contribution in [-0.4, -0.2) is 68.6 Å². The first-order valence-electron chi connectivity index (χ1n) is 7.54. The molecule has 2 rings (SSSR count). The van der Waals surface area contributed by atoms with Gasteiger partial charge in [0.1, 0.15) is 0 Å². The molecule has 5 atom stereocenters. The molecule has 6 N–H and O–H groups in total. The maximum atomic E-state index is 12.0. The molecular weight excluding hydrogens is 528 g/mol. The predicted molar refractivity (Wildman–Crippen MR) is 94.5 cm³/mol. The van der Waals surface area contributed by atoms with Crippen LogP contribution in [0.2, 0.25) is 0 Å². The number of aromatic nitrogens is 2. The van der Waals surface area contributed by atoms with Gasteiger partial charge in [0, 0.05) is 0 Å². The third kappa shape index (κ3) is 7.42. The second-order valence-electron chi connectivity index (χ2n) is 5.82. The van der Waals surface area contributed by atoms with E-state index in [0.717, 1.165) is 0 Å². The van der Waals surface area contributed by atoms with Gasteiger partial charge in [-0.05, 0) is 0 Å². The minimum atomic E-state index is -5.64. The number of rotatable bonds is 8. The second-order valence-corrected chi connectivity index (χ2v) is 11.2. The van der Waals surface area contributed by atoms with Crippen molar-refractivity contribution in [3.8, 4) is 0 Å². The van der Waals surface area contributed by atoms with Crippen molar-refractivity contribution < 1.29 is 56.3 Å². The first kappa shape index (κ1) is 25.0. The molecule has 0 spiro atoms. The zero-order valence-electron chi connectivity index (χ0n) is 14.5. The summed E-state index contributed by atoms with van der Waals surface area (Å²) in [5, 5.41) is 10.0.